The molecule has 0 radical (unpaired) electrons. The number of fused-ring (bicyclic) bond motifs is 1. The molecule has 0 spiro atoms. The van der Waals surface area contributed by atoms with Crippen LogP contribution in [0, 0.1) is 0 Å². The molecule has 138 valence electrons. The first-order valence-electron chi connectivity index (χ1n) is 9.57. The summed E-state index contributed by atoms with van der Waals surface area (Å²) in [5.74, 6) is 1.64. The first kappa shape index (κ1) is 17.1. The van der Waals surface area contributed by atoms with Crippen LogP contribution < -0.4 is 0 Å². The maximum Gasteiger partial charge on any atom is 0.168 e. The number of benzene rings is 4. The van der Waals surface area contributed by atoms with Crippen molar-refractivity contribution in [1.29, 1.82) is 0 Å². The number of hydrogen-bond acceptors (Lipinski definition) is 2. The van der Waals surface area contributed by atoms with E-state index < -0.39 is 0 Å². The van der Waals surface area contributed by atoms with Crippen LogP contribution in [-0.4, -0.2) is 14.8 Å². The third kappa shape index (κ3) is 3.03. The number of nitrogens with zero attached hydrogens (tertiary/aromatic N) is 3. The minimum Gasteiger partial charge on any atom is -0.274 e. The van der Waals surface area contributed by atoms with Gasteiger partial charge in [-0.25, -0.2) is 0 Å². The Kier molecular flexibility index (Phi) is 4.26. The molecule has 0 unspecified atom stereocenters. The van der Waals surface area contributed by atoms with Crippen LogP contribution >= 0.6 is 0 Å². The lowest BCUT2D eigenvalue weighted by Gasteiger charge is -2.14. The predicted octanol–water partition coefficient (Wildman–Crippen LogP) is 6.40. The Hall–Kier alpha value is -3.98. The molecule has 0 saturated carbocycles. The number of rotatable bonds is 4. The van der Waals surface area contributed by atoms with Gasteiger partial charge >= 0.3 is 0 Å². The van der Waals surface area contributed by atoms with Crippen LogP contribution in [0.5, 0.6) is 0 Å². The smallest absolute Gasteiger partial charge is 0.168 e. The summed E-state index contributed by atoms with van der Waals surface area (Å²) in [4.78, 5) is 0. The highest BCUT2D eigenvalue weighted by Crippen LogP contribution is 2.32. The van der Waals surface area contributed by atoms with Gasteiger partial charge in [0.05, 0.1) is 5.69 Å². The van der Waals surface area contributed by atoms with Crippen molar-refractivity contribution in [3.05, 3.63) is 109 Å². The molecule has 0 fully saturated rings. The van der Waals surface area contributed by atoms with Gasteiger partial charge in [0.2, 0.25) is 0 Å². The van der Waals surface area contributed by atoms with Crippen LogP contribution in [0.15, 0.2) is 104 Å². The predicted molar refractivity (Wildman–Crippen MR) is 120 cm³/mol. The standard InChI is InChI=1S/C26H19N3/c1-2-19-15-17-22(18-16-19)26-28-27-25(21-10-4-3-5-11-21)29(26)24-14-8-12-20-9-6-7-13-23(20)24/h2-18H,1H2. The maximum absolute atomic E-state index is 4.59. The van der Waals surface area contributed by atoms with Gasteiger partial charge in [-0.2, -0.15) is 0 Å². The van der Waals surface area contributed by atoms with E-state index in [1.54, 1.807) is 0 Å². The quantitative estimate of drug-likeness (QED) is 0.365. The Morgan fingerprint density at radius 1 is 0.621 bits per heavy atom. The Labute approximate surface area is 169 Å². The van der Waals surface area contributed by atoms with E-state index in [-0.39, 0.29) is 0 Å². The molecule has 3 heteroatoms. The van der Waals surface area contributed by atoms with Crippen LogP contribution in [0.25, 0.3) is 45.3 Å². The normalized spacial score (nSPS) is 10.9. The first-order chi connectivity index (χ1) is 14.3. The van der Waals surface area contributed by atoms with Crippen molar-refractivity contribution in [1.82, 2.24) is 14.8 Å². The molecule has 0 atom stereocenters. The summed E-state index contributed by atoms with van der Waals surface area (Å²) < 4.78 is 2.15. The fraction of sp³-hybridized carbons (Fsp3) is 0. The van der Waals surface area contributed by atoms with Crippen molar-refractivity contribution in [2.45, 2.75) is 0 Å². The van der Waals surface area contributed by atoms with Crippen molar-refractivity contribution in [2.24, 2.45) is 0 Å². The molecule has 5 rings (SSSR count). The van der Waals surface area contributed by atoms with Gasteiger partial charge in [-0.05, 0) is 17.0 Å². The molecule has 0 N–H and O–H groups in total. The van der Waals surface area contributed by atoms with Crippen molar-refractivity contribution in [3.63, 3.8) is 0 Å². The highest BCUT2D eigenvalue weighted by molar-refractivity contribution is 5.91. The molecule has 0 bridgehead atoms. The lowest BCUT2D eigenvalue weighted by Crippen LogP contribution is -2.01. The molecule has 0 aliphatic rings. The Morgan fingerprint density at radius 3 is 1.97 bits per heavy atom. The molecule has 5 aromatic rings. The fourth-order valence-corrected chi connectivity index (χ4v) is 3.65. The van der Waals surface area contributed by atoms with Crippen molar-refractivity contribution >= 4 is 16.8 Å². The summed E-state index contributed by atoms with van der Waals surface area (Å²) in [6.45, 7) is 3.84. The topological polar surface area (TPSA) is 30.7 Å². The molecule has 4 aromatic carbocycles. The molecule has 0 saturated heterocycles. The summed E-state index contributed by atoms with van der Waals surface area (Å²) in [6.07, 6.45) is 1.84. The van der Waals surface area contributed by atoms with Crippen molar-refractivity contribution in [3.8, 4) is 28.5 Å². The summed E-state index contributed by atoms with van der Waals surface area (Å²) in [5.41, 5.74) is 4.18. The van der Waals surface area contributed by atoms with Gasteiger partial charge in [-0.1, -0.05) is 104 Å². The van der Waals surface area contributed by atoms with Gasteiger partial charge in [-0.15, -0.1) is 10.2 Å². The second-order valence-electron chi connectivity index (χ2n) is 6.87. The van der Waals surface area contributed by atoms with Gasteiger partial charge in [0.1, 0.15) is 0 Å². The summed E-state index contributed by atoms with van der Waals surface area (Å²) >= 11 is 0. The average Bonchev–Trinajstić information content (AvgIpc) is 3.24. The second-order valence-corrected chi connectivity index (χ2v) is 6.87. The van der Waals surface area contributed by atoms with E-state index in [4.69, 9.17) is 0 Å². The molecule has 3 nitrogen and oxygen atoms in total. The van der Waals surface area contributed by atoms with E-state index in [2.05, 4.69) is 88.1 Å². The largest absolute Gasteiger partial charge is 0.274 e. The van der Waals surface area contributed by atoms with E-state index in [1.807, 2.05) is 36.4 Å². The second kappa shape index (κ2) is 7.21. The van der Waals surface area contributed by atoms with Crippen molar-refractivity contribution in [2.75, 3.05) is 0 Å². The van der Waals surface area contributed by atoms with Crippen LogP contribution in [-0.2, 0) is 0 Å². The molecule has 0 aliphatic carbocycles. The molecular formula is C26H19N3. The minimum absolute atomic E-state index is 0.816. The molecule has 1 aromatic heterocycles. The summed E-state index contributed by atoms with van der Waals surface area (Å²) in [5, 5.41) is 11.5. The Morgan fingerprint density at radius 2 is 1.24 bits per heavy atom. The maximum atomic E-state index is 4.59. The fourth-order valence-electron chi connectivity index (χ4n) is 3.65. The van der Waals surface area contributed by atoms with Gasteiger partial charge in [0.15, 0.2) is 11.6 Å². The molecule has 0 aliphatic heterocycles. The SMILES string of the molecule is C=Cc1ccc(-c2nnc(-c3ccccc3)n2-c2cccc3ccccc23)cc1. The Bertz CT molecular complexity index is 1290. The zero-order valence-electron chi connectivity index (χ0n) is 15.9. The third-order valence-corrected chi connectivity index (χ3v) is 5.11. The van der Waals surface area contributed by atoms with Crippen LogP contribution in [0.1, 0.15) is 5.56 Å². The zero-order chi connectivity index (χ0) is 19.6. The molecule has 29 heavy (non-hydrogen) atoms. The summed E-state index contributed by atoms with van der Waals surface area (Å²) in [7, 11) is 0. The average molecular weight is 373 g/mol. The Balaban J connectivity index is 1.81. The molecular weight excluding hydrogens is 354 g/mol. The lowest BCUT2D eigenvalue weighted by molar-refractivity contribution is 1.08. The van der Waals surface area contributed by atoms with Crippen molar-refractivity contribution < 1.29 is 0 Å². The van der Waals surface area contributed by atoms with E-state index in [0.29, 0.717) is 0 Å². The zero-order valence-corrected chi connectivity index (χ0v) is 15.9. The van der Waals surface area contributed by atoms with E-state index in [1.165, 1.54) is 5.39 Å². The van der Waals surface area contributed by atoms with Gasteiger partial charge in [0, 0.05) is 16.5 Å². The summed E-state index contributed by atoms with van der Waals surface area (Å²) in [6, 6.07) is 33.2. The monoisotopic (exact) mass is 373 g/mol. The van der Waals surface area contributed by atoms with Crippen LogP contribution in [0.2, 0.25) is 0 Å². The lowest BCUT2D eigenvalue weighted by atomic mass is 10.1. The molecule has 0 amide bonds. The third-order valence-electron chi connectivity index (χ3n) is 5.11. The molecule has 1 heterocycles. The number of hydrogen-bond donors (Lipinski definition) is 0. The van der Waals surface area contributed by atoms with Crippen LogP contribution in [0.4, 0.5) is 0 Å². The first-order valence-corrected chi connectivity index (χ1v) is 9.57. The van der Waals surface area contributed by atoms with Gasteiger partial charge in [-0.3, -0.25) is 4.57 Å². The van der Waals surface area contributed by atoms with E-state index in [9.17, 15) is 0 Å². The van der Waals surface area contributed by atoms with Gasteiger partial charge in [0.25, 0.3) is 0 Å². The number of aromatic nitrogens is 3. The van der Waals surface area contributed by atoms with Crippen LogP contribution in [0.3, 0.4) is 0 Å². The van der Waals surface area contributed by atoms with E-state index in [0.717, 1.165) is 39.4 Å². The van der Waals surface area contributed by atoms with Gasteiger partial charge < -0.3 is 0 Å². The highest BCUT2D eigenvalue weighted by Gasteiger charge is 2.18. The highest BCUT2D eigenvalue weighted by atomic mass is 15.3. The minimum atomic E-state index is 0.816. The van der Waals surface area contributed by atoms with E-state index >= 15 is 0 Å².